The average molecular weight is 762 g/mol. The summed E-state index contributed by atoms with van der Waals surface area (Å²) in [5.41, 5.74) is 13.1. The van der Waals surface area contributed by atoms with Crippen molar-refractivity contribution in [2.24, 2.45) is 0 Å². The van der Waals surface area contributed by atoms with Crippen molar-refractivity contribution in [1.82, 2.24) is 0 Å². The number of nitrogens with zero attached hydrogens (tertiary/aromatic N) is 1. The quantitative estimate of drug-likeness (QED) is 0.156. The normalized spacial score (nSPS) is 11.5. The van der Waals surface area contributed by atoms with E-state index < -0.39 is 0 Å². The third-order valence-corrected chi connectivity index (χ3v) is 13.4. The summed E-state index contributed by atoms with van der Waals surface area (Å²) in [5, 5.41) is 5.23. The molecule has 0 fully saturated rings. The van der Waals surface area contributed by atoms with E-state index in [9.17, 15) is 0 Å². The van der Waals surface area contributed by atoms with Gasteiger partial charge in [0, 0.05) is 57.4 Å². The van der Waals surface area contributed by atoms with Crippen LogP contribution in [0.2, 0.25) is 0 Å². The van der Waals surface area contributed by atoms with Gasteiger partial charge in [0.05, 0.1) is 0 Å². The molecule has 0 bridgehead atoms. The van der Waals surface area contributed by atoms with Gasteiger partial charge in [-0.25, -0.2) is 0 Å². The second-order valence-corrected chi connectivity index (χ2v) is 16.7. The first-order valence-electron chi connectivity index (χ1n) is 19.3. The van der Waals surface area contributed by atoms with E-state index in [1.807, 2.05) is 22.7 Å². The third kappa shape index (κ3) is 6.09. The zero-order valence-corrected chi connectivity index (χ0v) is 32.6. The van der Waals surface area contributed by atoms with Crippen molar-refractivity contribution in [2.45, 2.75) is 0 Å². The first-order valence-corrected chi connectivity index (χ1v) is 21.0. The summed E-state index contributed by atoms with van der Waals surface area (Å²) < 4.78 is 5.27. The SMILES string of the molecule is c1ccc(-c2cc(-c3ccccc3)cc(-c3ccc(N(c4ccc(-c5cccc6c5sc5ccccc56)cc4)c4ccc5sc6ccccc6c5c4)cc3)c2)cc1. The molecule has 0 radical (unpaired) electrons. The van der Waals surface area contributed by atoms with Gasteiger partial charge in [-0.3, -0.25) is 0 Å². The highest BCUT2D eigenvalue weighted by Crippen LogP contribution is 2.44. The van der Waals surface area contributed by atoms with Crippen LogP contribution in [0.15, 0.2) is 212 Å². The standard InChI is InChI=1S/C54H35NS2/c1-3-12-36(13-4-1)40-32-41(37-14-5-2-6-15-37)34-42(33-40)38-22-26-43(27-23-38)55(45-30-31-53-50(35-45)48-17-8-9-20-51(48)56-53)44-28-24-39(25-29-44)46-18-11-19-49-47-16-7-10-21-52(47)57-54(46)49/h1-35H. The van der Waals surface area contributed by atoms with Crippen LogP contribution >= 0.6 is 22.7 Å². The van der Waals surface area contributed by atoms with Crippen LogP contribution in [0.3, 0.4) is 0 Å². The lowest BCUT2D eigenvalue weighted by atomic mass is 9.93. The molecule has 11 aromatic rings. The van der Waals surface area contributed by atoms with E-state index in [1.165, 1.54) is 84.9 Å². The molecular weight excluding hydrogens is 727 g/mol. The van der Waals surface area contributed by atoms with E-state index in [-0.39, 0.29) is 0 Å². The number of hydrogen-bond acceptors (Lipinski definition) is 3. The summed E-state index contributed by atoms with van der Waals surface area (Å²) in [6.07, 6.45) is 0. The van der Waals surface area contributed by atoms with Crippen molar-refractivity contribution >= 4 is 80.1 Å². The van der Waals surface area contributed by atoms with Gasteiger partial charge in [0.25, 0.3) is 0 Å². The van der Waals surface area contributed by atoms with Gasteiger partial charge in [-0.2, -0.15) is 0 Å². The summed E-state index contributed by atoms with van der Waals surface area (Å²) in [7, 11) is 0. The van der Waals surface area contributed by atoms with Gasteiger partial charge in [-0.05, 0) is 117 Å². The molecule has 0 saturated carbocycles. The zero-order chi connectivity index (χ0) is 37.7. The molecule has 1 nitrogen and oxygen atoms in total. The average Bonchev–Trinajstić information content (AvgIpc) is 3.86. The van der Waals surface area contributed by atoms with E-state index in [0.29, 0.717) is 0 Å². The molecule has 11 rings (SSSR count). The molecule has 0 saturated heterocycles. The Morgan fingerprint density at radius 3 is 1.33 bits per heavy atom. The van der Waals surface area contributed by atoms with Crippen molar-refractivity contribution in [1.29, 1.82) is 0 Å². The predicted octanol–water partition coefficient (Wildman–Crippen LogP) is 16.6. The van der Waals surface area contributed by atoms with E-state index in [4.69, 9.17) is 0 Å². The monoisotopic (exact) mass is 761 g/mol. The molecule has 268 valence electrons. The number of benzene rings is 9. The minimum Gasteiger partial charge on any atom is -0.310 e. The second-order valence-electron chi connectivity index (χ2n) is 14.5. The van der Waals surface area contributed by atoms with Crippen molar-refractivity contribution in [3.8, 4) is 44.5 Å². The fourth-order valence-electron chi connectivity index (χ4n) is 8.26. The Morgan fingerprint density at radius 2 is 0.719 bits per heavy atom. The van der Waals surface area contributed by atoms with Crippen LogP contribution in [0.4, 0.5) is 17.1 Å². The number of fused-ring (bicyclic) bond motifs is 6. The van der Waals surface area contributed by atoms with E-state index >= 15 is 0 Å². The fraction of sp³-hybridized carbons (Fsp3) is 0. The number of anilines is 3. The Hall–Kier alpha value is -6.78. The topological polar surface area (TPSA) is 3.24 Å². The van der Waals surface area contributed by atoms with Crippen LogP contribution in [0, 0.1) is 0 Å². The molecular formula is C54H35NS2. The molecule has 0 aliphatic carbocycles. The molecule has 0 atom stereocenters. The van der Waals surface area contributed by atoms with Crippen molar-refractivity contribution in [2.75, 3.05) is 4.90 Å². The highest BCUT2D eigenvalue weighted by molar-refractivity contribution is 7.26. The molecule has 9 aromatic carbocycles. The smallest absolute Gasteiger partial charge is 0.0468 e. The van der Waals surface area contributed by atoms with Crippen LogP contribution in [0.1, 0.15) is 0 Å². The zero-order valence-electron chi connectivity index (χ0n) is 31.0. The molecule has 3 heteroatoms. The van der Waals surface area contributed by atoms with Gasteiger partial charge >= 0.3 is 0 Å². The maximum atomic E-state index is 2.40. The lowest BCUT2D eigenvalue weighted by Crippen LogP contribution is -2.09. The Kier molecular flexibility index (Phi) is 8.28. The van der Waals surface area contributed by atoms with E-state index in [0.717, 1.165) is 17.1 Å². The molecule has 0 aliphatic heterocycles. The molecule has 0 amide bonds. The summed E-state index contributed by atoms with van der Waals surface area (Å²) >= 11 is 3.74. The molecule has 0 N–H and O–H groups in total. The maximum absolute atomic E-state index is 2.40. The highest BCUT2D eigenvalue weighted by Gasteiger charge is 2.17. The maximum Gasteiger partial charge on any atom is 0.0468 e. The van der Waals surface area contributed by atoms with Crippen molar-refractivity contribution in [3.63, 3.8) is 0 Å². The third-order valence-electron chi connectivity index (χ3n) is 11.1. The first-order chi connectivity index (χ1) is 28.2. The molecule has 2 aromatic heterocycles. The van der Waals surface area contributed by atoms with Gasteiger partial charge in [-0.15, -0.1) is 22.7 Å². The van der Waals surface area contributed by atoms with Crippen LogP contribution in [0.5, 0.6) is 0 Å². The summed E-state index contributed by atoms with van der Waals surface area (Å²) in [5.74, 6) is 0. The van der Waals surface area contributed by atoms with Gasteiger partial charge in [0.15, 0.2) is 0 Å². The summed E-state index contributed by atoms with van der Waals surface area (Å²) in [4.78, 5) is 2.40. The van der Waals surface area contributed by atoms with Crippen LogP contribution < -0.4 is 4.90 Å². The largest absolute Gasteiger partial charge is 0.310 e. The second kappa shape index (κ2) is 14.1. The first kappa shape index (κ1) is 33.5. The Labute approximate surface area is 340 Å². The van der Waals surface area contributed by atoms with Gasteiger partial charge < -0.3 is 4.90 Å². The number of thiophene rings is 2. The minimum absolute atomic E-state index is 1.11. The molecule has 57 heavy (non-hydrogen) atoms. The molecule has 0 spiro atoms. The predicted molar refractivity (Wildman–Crippen MR) is 249 cm³/mol. The van der Waals surface area contributed by atoms with Gasteiger partial charge in [0.2, 0.25) is 0 Å². The Balaban J connectivity index is 1.02. The molecule has 0 unspecified atom stereocenters. The summed E-state index contributed by atoms with van der Waals surface area (Å²) in [6.45, 7) is 0. The van der Waals surface area contributed by atoms with Crippen LogP contribution in [0.25, 0.3) is 84.9 Å². The Morgan fingerprint density at radius 1 is 0.263 bits per heavy atom. The molecule has 0 aliphatic rings. The number of rotatable bonds is 7. The number of hydrogen-bond donors (Lipinski definition) is 0. The van der Waals surface area contributed by atoms with Crippen molar-refractivity contribution in [3.05, 3.63) is 212 Å². The highest BCUT2D eigenvalue weighted by atomic mass is 32.1. The lowest BCUT2D eigenvalue weighted by Gasteiger charge is -2.26. The van der Waals surface area contributed by atoms with Gasteiger partial charge in [0.1, 0.15) is 0 Å². The minimum atomic E-state index is 1.11. The van der Waals surface area contributed by atoms with Gasteiger partial charge in [-0.1, -0.05) is 140 Å². The van der Waals surface area contributed by atoms with E-state index in [1.54, 1.807) is 0 Å². The van der Waals surface area contributed by atoms with Crippen LogP contribution in [-0.2, 0) is 0 Å². The van der Waals surface area contributed by atoms with Crippen molar-refractivity contribution < 1.29 is 0 Å². The lowest BCUT2D eigenvalue weighted by molar-refractivity contribution is 1.29. The summed E-state index contributed by atoms with van der Waals surface area (Å²) in [6, 6.07) is 77.6. The fourth-order valence-corrected chi connectivity index (χ4v) is 10.6. The Bertz CT molecular complexity index is 3150. The van der Waals surface area contributed by atoms with Crippen LogP contribution in [-0.4, -0.2) is 0 Å². The van der Waals surface area contributed by atoms with E-state index in [2.05, 4.69) is 217 Å². The molecule has 2 heterocycles.